The fourth-order valence-electron chi connectivity index (χ4n) is 3.57. The van der Waals surface area contributed by atoms with Crippen LogP contribution in [-0.2, 0) is 9.53 Å². The van der Waals surface area contributed by atoms with Crippen LogP contribution in [0.4, 0.5) is 0 Å². The third-order valence-corrected chi connectivity index (χ3v) is 4.48. The number of nitrogens with zero attached hydrogens (tertiary/aromatic N) is 1. The Balaban J connectivity index is 2.09. The van der Waals surface area contributed by atoms with Gasteiger partial charge in [-0.3, -0.25) is 4.79 Å². The second-order valence-corrected chi connectivity index (χ2v) is 5.73. The van der Waals surface area contributed by atoms with E-state index in [9.17, 15) is 4.79 Å². The minimum atomic E-state index is -0.380. The molecule has 0 aromatic heterocycles. The number of likely N-dealkylation sites (tertiary alicyclic amines) is 1. The van der Waals surface area contributed by atoms with Gasteiger partial charge in [-0.1, -0.05) is 12.8 Å². The zero-order valence-corrected chi connectivity index (χ0v) is 10.9. The number of hydrogen-bond acceptors (Lipinski definition) is 3. The highest BCUT2D eigenvalue weighted by atomic mass is 16.5. The second kappa shape index (κ2) is 4.94. The van der Waals surface area contributed by atoms with Gasteiger partial charge in [0.25, 0.3) is 0 Å². The normalized spacial score (nSPS) is 28.9. The maximum atomic E-state index is 12.0. The molecule has 1 heterocycles. The summed E-state index contributed by atoms with van der Waals surface area (Å²) in [7, 11) is 1.75. The molecule has 17 heavy (non-hydrogen) atoms. The van der Waals surface area contributed by atoms with Crippen molar-refractivity contribution in [2.24, 2.45) is 17.1 Å². The highest BCUT2D eigenvalue weighted by molar-refractivity contribution is 5.81. The third-order valence-electron chi connectivity index (χ3n) is 4.48. The minimum Gasteiger partial charge on any atom is -0.384 e. The molecule has 1 saturated heterocycles. The summed E-state index contributed by atoms with van der Waals surface area (Å²) in [6.07, 6.45) is 5.06. The zero-order valence-electron chi connectivity index (χ0n) is 10.9. The standard InChI is InChI=1S/C13H24N2O2/c1-10(14)12(16)15-7-11(8-17-2)13(9-15)5-3-4-6-13/h10-11H,3-9,14H2,1-2H3/t10-,11-/m0/s1. The second-order valence-electron chi connectivity index (χ2n) is 5.73. The molecule has 1 spiro atoms. The van der Waals surface area contributed by atoms with Crippen molar-refractivity contribution < 1.29 is 9.53 Å². The van der Waals surface area contributed by atoms with Crippen molar-refractivity contribution in [1.29, 1.82) is 0 Å². The maximum absolute atomic E-state index is 12.0. The van der Waals surface area contributed by atoms with Crippen molar-refractivity contribution >= 4 is 5.91 Å². The molecule has 0 radical (unpaired) electrons. The van der Waals surface area contributed by atoms with Crippen LogP contribution in [0.15, 0.2) is 0 Å². The van der Waals surface area contributed by atoms with Gasteiger partial charge in [-0.25, -0.2) is 0 Å². The first-order valence-electron chi connectivity index (χ1n) is 6.62. The summed E-state index contributed by atoms with van der Waals surface area (Å²) in [4.78, 5) is 14.0. The topological polar surface area (TPSA) is 55.6 Å². The van der Waals surface area contributed by atoms with Crippen molar-refractivity contribution in [3.05, 3.63) is 0 Å². The smallest absolute Gasteiger partial charge is 0.239 e. The van der Waals surface area contributed by atoms with Gasteiger partial charge < -0.3 is 15.4 Å². The van der Waals surface area contributed by atoms with Gasteiger partial charge >= 0.3 is 0 Å². The van der Waals surface area contributed by atoms with Crippen LogP contribution in [0.25, 0.3) is 0 Å². The molecule has 0 bridgehead atoms. The van der Waals surface area contributed by atoms with Gasteiger partial charge in [0.05, 0.1) is 12.6 Å². The van der Waals surface area contributed by atoms with Crippen molar-refractivity contribution in [3.8, 4) is 0 Å². The van der Waals surface area contributed by atoms with Crippen molar-refractivity contribution in [2.75, 3.05) is 26.8 Å². The van der Waals surface area contributed by atoms with Crippen LogP contribution in [0.5, 0.6) is 0 Å². The zero-order chi connectivity index (χ0) is 12.5. The van der Waals surface area contributed by atoms with E-state index in [4.69, 9.17) is 10.5 Å². The lowest BCUT2D eigenvalue weighted by Crippen LogP contribution is -2.41. The Labute approximate surface area is 103 Å². The Morgan fingerprint density at radius 2 is 2.18 bits per heavy atom. The van der Waals surface area contributed by atoms with Gasteiger partial charge in [0.1, 0.15) is 0 Å². The van der Waals surface area contributed by atoms with E-state index in [1.807, 2.05) is 4.90 Å². The summed E-state index contributed by atoms with van der Waals surface area (Å²) < 4.78 is 5.33. The largest absolute Gasteiger partial charge is 0.384 e. The molecular formula is C13H24N2O2. The van der Waals surface area contributed by atoms with E-state index in [1.54, 1.807) is 14.0 Å². The first-order chi connectivity index (χ1) is 8.09. The Morgan fingerprint density at radius 1 is 1.53 bits per heavy atom. The number of nitrogens with two attached hydrogens (primary N) is 1. The van der Waals surface area contributed by atoms with Gasteiger partial charge in [0.15, 0.2) is 0 Å². The molecule has 2 atom stereocenters. The van der Waals surface area contributed by atoms with Crippen molar-refractivity contribution in [2.45, 2.75) is 38.6 Å². The molecule has 4 nitrogen and oxygen atoms in total. The summed E-state index contributed by atoms with van der Waals surface area (Å²) in [5, 5.41) is 0. The number of hydrogen-bond donors (Lipinski definition) is 1. The molecule has 0 aromatic carbocycles. The highest BCUT2D eigenvalue weighted by Gasteiger charge is 2.49. The van der Waals surface area contributed by atoms with Crippen LogP contribution in [-0.4, -0.2) is 43.7 Å². The molecular weight excluding hydrogens is 216 g/mol. The quantitative estimate of drug-likeness (QED) is 0.800. The molecule has 2 N–H and O–H groups in total. The van der Waals surface area contributed by atoms with E-state index < -0.39 is 0 Å². The molecule has 1 amide bonds. The van der Waals surface area contributed by atoms with Crippen LogP contribution in [0.3, 0.4) is 0 Å². The van der Waals surface area contributed by atoms with E-state index in [-0.39, 0.29) is 11.9 Å². The SMILES string of the molecule is COC[C@@H]1CN(C(=O)[C@H](C)N)CC12CCCC2. The van der Waals surface area contributed by atoms with Crippen LogP contribution in [0.1, 0.15) is 32.6 Å². The number of rotatable bonds is 3. The lowest BCUT2D eigenvalue weighted by Gasteiger charge is -2.29. The lowest BCUT2D eigenvalue weighted by atomic mass is 9.77. The van der Waals surface area contributed by atoms with Gasteiger partial charge in [0.2, 0.25) is 5.91 Å². The van der Waals surface area contributed by atoms with Gasteiger partial charge in [0, 0.05) is 26.1 Å². The minimum absolute atomic E-state index is 0.0925. The summed E-state index contributed by atoms with van der Waals surface area (Å²) in [5.41, 5.74) is 6.02. The van der Waals surface area contributed by atoms with Gasteiger partial charge in [-0.2, -0.15) is 0 Å². The number of carbonyl (C=O) groups is 1. The molecule has 2 aliphatic rings. The molecule has 2 fully saturated rings. The molecule has 98 valence electrons. The summed E-state index contributed by atoms with van der Waals surface area (Å²) in [5.74, 6) is 0.590. The number of ether oxygens (including phenoxy) is 1. The van der Waals surface area contributed by atoms with Crippen LogP contribution in [0, 0.1) is 11.3 Å². The Bertz CT molecular complexity index is 285. The lowest BCUT2D eigenvalue weighted by molar-refractivity contribution is -0.131. The molecule has 1 saturated carbocycles. The Kier molecular flexibility index (Phi) is 3.73. The number of amides is 1. The van der Waals surface area contributed by atoms with Crippen LogP contribution < -0.4 is 5.73 Å². The van der Waals surface area contributed by atoms with Crippen molar-refractivity contribution in [1.82, 2.24) is 4.90 Å². The predicted molar refractivity (Wildman–Crippen MR) is 66.5 cm³/mol. The van der Waals surface area contributed by atoms with E-state index in [1.165, 1.54) is 25.7 Å². The Hall–Kier alpha value is -0.610. The van der Waals surface area contributed by atoms with Crippen molar-refractivity contribution in [3.63, 3.8) is 0 Å². The van der Waals surface area contributed by atoms with E-state index in [0.29, 0.717) is 11.3 Å². The fourth-order valence-corrected chi connectivity index (χ4v) is 3.57. The molecule has 4 heteroatoms. The summed E-state index contributed by atoms with van der Waals surface area (Å²) in [6.45, 7) is 4.26. The van der Waals surface area contributed by atoms with Crippen LogP contribution in [0.2, 0.25) is 0 Å². The van der Waals surface area contributed by atoms with E-state index in [2.05, 4.69) is 0 Å². The van der Waals surface area contributed by atoms with Crippen LogP contribution >= 0.6 is 0 Å². The number of carbonyl (C=O) groups excluding carboxylic acids is 1. The van der Waals surface area contributed by atoms with Gasteiger partial charge in [-0.15, -0.1) is 0 Å². The average Bonchev–Trinajstić information content (AvgIpc) is 2.88. The predicted octanol–water partition coefficient (Wildman–Crippen LogP) is 0.999. The van der Waals surface area contributed by atoms with E-state index in [0.717, 1.165) is 19.7 Å². The Morgan fingerprint density at radius 3 is 2.71 bits per heavy atom. The monoisotopic (exact) mass is 240 g/mol. The average molecular weight is 240 g/mol. The third kappa shape index (κ3) is 2.33. The number of methoxy groups -OCH3 is 1. The molecule has 2 rings (SSSR count). The summed E-state index contributed by atoms with van der Waals surface area (Å²) >= 11 is 0. The van der Waals surface area contributed by atoms with E-state index >= 15 is 0 Å². The first kappa shape index (κ1) is 12.8. The fraction of sp³-hybridized carbons (Fsp3) is 0.923. The molecule has 0 aromatic rings. The first-order valence-corrected chi connectivity index (χ1v) is 6.62. The van der Waals surface area contributed by atoms with Gasteiger partial charge in [-0.05, 0) is 25.2 Å². The maximum Gasteiger partial charge on any atom is 0.239 e. The molecule has 1 aliphatic carbocycles. The summed E-state index contributed by atoms with van der Waals surface area (Å²) in [6, 6.07) is -0.380. The highest BCUT2D eigenvalue weighted by Crippen LogP contribution is 2.49. The molecule has 1 aliphatic heterocycles. The molecule has 0 unspecified atom stereocenters.